The molecule has 36 heavy (non-hydrogen) atoms. The fourth-order valence-electron chi connectivity index (χ4n) is 5.55. The Morgan fingerprint density at radius 3 is 1.36 bits per heavy atom. The summed E-state index contributed by atoms with van der Waals surface area (Å²) in [5.74, 6) is 0. The Morgan fingerprint density at radius 1 is 0.389 bits per heavy atom. The molecule has 170 valence electrons. The SMILES string of the molecule is Cc1ccc(N(c2cccc3ccc4ccccc4c23)c2cccc3ccc4ccccc4c23)cc1. The first-order valence-electron chi connectivity index (χ1n) is 12.5. The second-order valence-corrected chi connectivity index (χ2v) is 9.49. The second-order valence-electron chi connectivity index (χ2n) is 9.49. The van der Waals surface area contributed by atoms with Crippen molar-refractivity contribution in [3.63, 3.8) is 0 Å². The predicted molar refractivity (Wildman–Crippen MR) is 156 cm³/mol. The van der Waals surface area contributed by atoms with Crippen LogP contribution in [0.5, 0.6) is 0 Å². The molecule has 0 atom stereocenters. The van der Waals surface area contributed by atoms with Gasteiger partial charge in [-0.25, -0.2) is 0 Å². The van der Waals surface area contributed by atoms with Crippen LogP contribution in [0.4, 0.5) is 17.1 Å². The van der Waals surface area contributed by atoms with Crippen molar-refractivity contribution in [1.82, 2.24) is 0 Å². The minimum absolute atomic E-state index is 1.15. The van der Waals surface area contributed by atoms with Crippen LogP contribution in [0.3, 0.4) is 0 Å². The molecule has 0 amide bonds. The average Bonchev–Trinajstić information content (AvgIpc) is 2.94. The van der Waals surface area contributed by atoms with Crippen LogP contribution in [0.2, 0.25) is 0 Å². The maximum Gasteiger partial charge on any atom is 0.0546 e. The molecule has 0 heterocycles. The zero-order valence-electron chi connectivity index (χ0n) is 20.1. The van der Waals surface area contributed by atoms with Gasteiger partial charge in [0.05, 0.1) is 11.4 Å². The lowest BCUT2D eigenvalue weighted by Crippen LogP contribution is -2.11. The van der Waals surface area contributed by atoms with Crippen LogP contribution in [0.1, 0.15) is 5.56 Å². The zero-order chi connectivity index (χ0) is 24.1. The topological polar surface area (TPSA) is 3.24 Å². The third kappa shape index (κ3) is 3.25. The predicted octanol–water partition coefficient (Wildman–Crippen LogP) is 10.1. The van der Waals surface area contributed by atoms with E-state index in [1.54, 1.807) is 0 Å². The van der Waals surface area contributed by atoms with Gasteiger partial charge in [-0.05, 0) is 63.5 Å². The van der Waals surface area contributed by atoms with Crippen molar-refractivity contribution in [2.75, 3.05) is 4.90 Å². The largest absolute Gasteiger partial charge is 0.309 e. The van der Waals surface area contributed by atoms with Crippen LogP contribution in [0, 0.1) is 6.92 Å². The summed E-state index contributed by atoms with van der Waals surface area (Å²) in [7, 11) is 0. The Bertz CT molecular complexity index is 1780. The maximum absolute atomic E-state index is 2.45. The molecule has 0 aliphatic heterocycles. The summed E-state index contributed by atoms with van der Waals surface area (Å²) in [6, 6.07) is 48.5. The van der Waals surface area contributed by atoms with Gasteiger partial charge >= 0.3 is 0 Å². The Hall–Kier alpha value is -4.62. The first-order chi connectivity index (χ1) is 17.8. The Morgan fingerprint density at radius 2 is 0.833 bits per heavy atom. The van der Waals surface area contributed by atoms with Crippen molar-refractivity contribution in [1.29, 1.82) is 0 Å². The molecule has 0 fully saturated rings. The molecule has 0 saturated heterocycles. The van der Waals surface area contributed by atoms with Crippen molar-refractivity contribution < 1.29 is 0 Å². The molecule has 0 aromatic heterocycles. The highest BCUT2D eigenvalue weighted by Gasteiger charge is 2.19. The van der Waals surface area contributed by atoms with E-state index in [1.165, 1.54) is 60.0 Å². The summed E-state index contributed by atoms with van der Waals surface area (Å²) >= 11 is 0. The van der Waals surface area contributed by atoms with Gasteiger partial charge in [0, 0.05) is 16.5 Å². The smallest absolute Gasteiger partial charge is 0.0546 e. The molecule has 0 aliphatic rings. The third-order valence-electron chi connectivity index (χ3n) is 7.27. The van der Waals surface area contributed by atoms with Gasteiger partial charge in [-0.2, -0.15) is 0 Å². The highest BCUT2D eigenvalue weighted by Crippen LogP contribution is 2.45. The first-order valence-corrected chi connectivity index (χ1v) is 12.5. The molecular formula is C35H25N. The number of benzene rings is 7. The zero-order valence-corrected chi connectivity index (χ0v) is 20.1. The lowest BCUT2D eigenvalue weighted by Gasteiger charge is -2.29. The van der Waals surface area contributed by atoms with E-state index in [4.69, 9.17) is 0 Å². The quantitative estimate of drug-likeness (QED) is 0.238. The van der Waals surface area contributed by atoms with Crippen molar-refractivity contribution in [2.24, 2.45) is 0 Å². The number of hydrogen-bond donors (Lipinski definition) is 0. The fraction of sp³-hybridized carbons (Fsp3) is 0.0286. The van der Waals surface area contributed by atoms with Crippen LogP contribution in [0.25, 0.3) is 43.1 Å². The van der Waals surface area contributed by atoms with E-state index in [0.29, 0.717) is 0 Å². The van der Waals surface area contributed by atoms with Gasteiger partial charge in [0.2, 0.25) is 0 Å². The third-order valence-corrected chi connectivity index (χ3v) is 7.27. The van der Waals surface area contributed by atoms with E-state index in [2.05, 4.69) is 145 Å². The lowest BCUT2D eigenvalue weighted by molar-refractivity contribution is 1.30. The van der Waals surface area contributed by atoms with Gasteiger partial charge in [0.15, 0.2) is 0 Å². The molecule has 0 radical (unpaired) electrons. The number of anilines is 3. The van der Waals surface area contributed by atoms with Crippen LogP contribution in [-0.2, 0) is 0 Å². The van der Waals surface area contributed by atoms with Crippen molar-refractivity contribution >= 4 is 60.2 Å². The van der Waals surface area contributed by atoms with Gasteiger partial charge < -0.3 is 4.90 Å². The van der Waals surface area contributed by atoms with E-state index in [1.807, 2.05) is 0 Å². The van der Waals surface area contributed by atoms with Crippen molar-refractivity contribution in [3.8, 4) is 0 Å². The van der Waals surface area contributed by atoms with Gasteiger partial charge in [-0.15, -0.1) is 0 Å². The summed E-state index contributed by atoms with van der Waals surface area (Å²) in [5.41, 5.74) is 4.79. The van der Waals surface area contributed by atoms with Gasteiger partial charge in [-0.1, -0.05) is 115 Å². The number of aryl methyl sites for hydroxylation is 1. The summed E-state index contributed by atoms with van der Waals surface area (Å²) in [5, 5.41) is 10.1. The minimum Gasteiger partial charge on any atom is -0.309 e. The molecule has 0 unspecified atom stereocenters. The van der Waals surface area contributed by atoms with Gasteiger partial charge in [0.1, 0.15) is 0 Å². The highest BCUT2D eigenvalue weighted by molar-refractivity contribution is 6.19. The number of nitrogens with zero attached hydrogens (tertiary/aromatic N) is 1. The maximum atomic E-state index is 2.45. The summed E-state index contributed by atoms with van der Waals surface area (Å²) in [6.07, 6.45) is 0. The van der Waals surface area contributed by atoms with E-state index in [9.17, 15) is 0 Å². The van der Waals surface area contributed by atoms with Crippen molar-refractivity contribution in [3.05, 3.63) is 139 Å². The molecule has 1 nitrogen and oxygen atoms in total. The Labute approximate surface area is 210 Å². The number of hydrogen-bond acceptors (Lipinski definition) is 1. The first kappa shape index (κ1) is 20.7. The van der Waals surface area contributed by atoms with Crippen molar-refractivity contribution in [2.45, 2.75) is 6.92 Å². The van der Waals surface area contributed by atoms with Crippen LogP contribution in [0.15, 0.2) is 133 Å². The summed E-state index contributed by atoms with van der Waals surface area (Å²) in [4.78, 5) is 2.45. The molecule has 0 bridgehead atoms. The molecule has 7 aromatic carbocycles. The van der Waals surface area contributed by atoms with Gasteiger partial charge in [0.25, 0.3) is 0 Å². The standard InChI is InChI=1S/C35H25N/c1-24-16-22-29(23-17-24)36(32-14-6-10-27-20-18-25-8-2-4-12-30(25)34(27)32)33-15-7-11-28-21-19-26-9-3-5-13-31(26)35(28)33/h2-23H,1H3. The molecule has 0 aliphatic carbocycles. The summed E-state index contributed by atoms with van der Waals surface area (Å²) in [6.45, 7) is 2.14. The lowest BCUT2D eigenvalue weighted by atomic mass is 9.97. The normalized spacial score (nSPS) is 11.5. The minimum atomic E-state index is 1.15. The Balaban J connectivity index is 1.64. The fourth-order valence-corrected chi connectivity index (χ4v) is 5.55. The monoisotopic (exact) mass is 459 g/mol. The van der Waals surface area contributed by atoms with E-state index < -0.39 is 0 Å². The highest BCUT2D eigenvalue weighted by atomic mass is 15.1. The van der Waals surface area contributed by atoms with Gasteiger partial charge in [-0.3, -0.25) is 0 Å². The second kappa shape index (κ2) is 8.25. The molecule has 0 N–H and O–H groups in total. The molecular weight excluding hydrogens is 434 g/mol. The number of fused-ring (bicyclic) bond motifs is 6. The summed E-state index contributed by atoms with van der Waals surface area (Å²) < 4.78 is 0. The van der Waals surface area contributed by atoms with E-state index in [-0.39, 0.29) is 0 Å². The molecule has 0 saturated carbocycles. The van der Waals surface area contributed by atoms with Crippen LogP contribution in [-0.4, -0.2) is 0 Å². The molecule has 7 rings (SSSR count). The van der Waals surface area contributed by atoms with E-state index in [0.717, 1.165) is 5.69 Å². The van der Waals surface area contributed by atoms with Crippen LogP contribution < -0.4 is 4.90 Å². The molecule has 1 heteroatoms. The van der Waals surface area contributed by atoms with E-state index >= 15 is 0 Å². The molecule has 0 spiro atoms. The number of rotatable bonds is 3. The van der Waals surface area contributed by atoms with Crippen LogP contribution >= 0.6 is 0 Å². The Kier molecular flexibility index (Phi) is 4.75. The molecule has 7 aromatic rings. The average molecular weight is 460 g/mol.